The molecule has 0 amide bonds. The Hall–Kier alpha value is -1.16. The van der Waals surface area contributed by atoms with Gasteiger partial charge in [0.25, 0.3) is 0 Å². The van der Waals surface area contributed by atoms with Crippen LogP contribution in [0, 0.1) is 6.92 Å². The molecule has 0 radical (unpaired) electrons. The fraction of sp³-hybridized carbons (Fsp3) is 0.417. The predicted molar refractivity (Wildman–Crippen MR) is 69.8 cm³/mol. The van der Waals surface area contributed by atoms with E-state index in [0.29, 0.717) is 5.56 Å². The molecule has 0 unspecified atom stereocenters. The van der Waals surface area contributed by atoms with E-state index in [4.69, 9.17) is 5.11 Å². The van der Waals surface area contributed by atoms with E-state index in [9.17, 15) is 4.79 Å². The number of aryl methyl sites for hydroxylation is 1. The van der Waals surface area contributed by atoms with Crippen LogP contribution in [0.15, 0.2) is 18.2 Å². The lowest BCUT2D eigenvalue weighted by Gasteiger charge is -2.21. The molecule has 0 aromatic heterocycles. The zero-order valence-electron chi connectivity index (χ0n) is 9.86. The normalized spacial score (nSPS) is 10.2. The number of benzene rings is 1. The summed E-state index contributed by atoms with van der Waals surface area (Å²) in [5, 5.41) is 9.13. The second-order valence-electron chi connectivity index (χ2n) is 3.74. The molecular weight excluding hydrogens is 222 g/mol. The number of carboxylic acid groups (broad SMARTS) is 1. The van der Waals surface area contributed by atoms with Crippen molar-refractivity contribution >= 4 is 23.4 Å². The fourth-order valence-corrected chi connectivity index (χ4v) is 1.96. The van der Waals surface area contributed by atoms with Gasteiger partial charge in [0.1, 0.15) is 0 Å². The SMILES string of the molecule is CSCCN(C)c1ccc(C)cc1C(=O)O. The van der Waals surface area contributed by atoms with Crippen LogP contribution in [0.25, 0.3) is 0 Å². The van der Waals surface area contributed by atoms with E-state index in [1.54, 1.807) is 17.8 Å². The minimum atomic E-state index is -0.866. The summed E-state index contributed by atoms with van der Waals surface area (Å²) in [7, 11) is 1.92. The highest BCUT2D eigenvalue weighted by Crippen LogP contribution is 2.21. The zero-order valence-corrected chi connectivity index (χ0v) is 10.7. The molecule has 4 heteroatoms. The first kappa shape index (κ1) is 12.9. The Morgan fingerprint density at radius 3 is 2.75 bits per heavy atom. The lowest BCUT2D eigenvalue weighted by molar-refractivity contribution is 0.0697. The van der Waals surface area contributed by atoms with Gasteiger partial charge in [-0.15, -0.1) is 0 Å². The van der Waals surface area contributed by atoms with Gasteiger partial charge in [0, 0.05) is 19.3 Å². The largest absolute Gasteiger partial charge is 0.478 e. The molecule has 1 aromatic rings. The molecule has 3 nitrogen and oxygen atoms in total. The lowest BCUT2D eigenvalue weighted by Crippen LogP contribution is -2.22. The van der Waals surface area contributed by atoms with Crippen LogP contribution in [-0.4, -0.2) is 36.7 Å². The molecular formula is C12H17NO2S. The number of nitrogens with zero attached hydrogens (tertiary/aromatic N) is 1. The smallest absolute Gasteiger partial charge is 0.337 e. The number of anilines is 1. The van der Waals surface area contributed by atoms with Crippen molar-refractivity contribution in [3.8, 4) is 0 Å². The molecule has 1 aromatic carbocycles. The van der Waals surface area contributed by atoms with Gasteiger partial charge in [-0.25, -0.2) is 4.79 Å². The van der Waals surface area contributed by atoms with Crippen LogP contribution in [0.3, 0.4) is 0 Å². The minimum Gasteiger partial charge on any atom is -0.478 e. The van der Waals surface area contributed by atoms with E-state index in [1.807, 2.05) is 37.3 Å². The van der Waals surface area contributed by atoms with Crippen molar-refractivity contribution in [2.45, 2.75) is 6.92 Å². The van der Waals surface area contributed by atoms with Crippen LogP contribution in [-0.2, 0) is 0 Å². The van der Waals surface area contributed by atoms with Crippen molar-refractivity contribution in [3.05, 3.63) is 29.3 Å². The molecule has 0 aliphatic carbocycles. The van der Waals surface area contributed by atoms with Crippen molar-refractivity contribution in [1.82, 2.24) is 0 Å². The van der Waals surface area contributed by atoms with Crippen molar-refractivity contribution in [2.24, 2.45) is 0 Å². The monoisotopic (exact) mass is 239 g/mol. The summed E-state index contributed by atoms with van der Waals surface area (Å²) in [5.41, 5.74) is 2.13. The van der Waals surface area contributed by atoms with Gasteiger partial charge in [0.15, 0.2) is 0 Å². The average Bonchev–Trinajstić information content (AvgIpc) is 2.25. The van der Waals surface area contributed by atoms with Gasteiger partial charge >= 0.3 is 5.97 Å². The zero-order chi connectivity index (χ0) is 12.1. The van der Waals surface area contributed by atoms with Crippen LogP contribution < -0.4 is 4.90 Å². The summed E-state index contributed by atoms with van der Waals surface area (Å²) in [4.78, 5) is 13.1. The van der Waals surface area contributed by atoms with Crippen LogP contribution in [0.5, 0.6) is 0 Å². The molecule has 0 bridgehead atoms. The molecule has 0 saturated heterocycles. The summed E-state index contributed by atoms with van der Waals surface area (Å²) < 4.78 is 0. The first-order valence-electron chi connectivity index (χ1n) is 5.10. The van der Waals surface area contributed by atoms with E-state index in [1.165, 1.54) is 0 Å². The number of aromatic carboxylic acids is 1. The topological polar surface area (TPSA) is 40.5 Å². The highest BCUT2D eigenvalue weighted by atomic mass is 32.2. The predicted octanol–water partition coefficient (Wildman–Crippen LogP) is 2.49. The number of thioether (sulfide) groups is 1. The molecule has 0 spiro atoms. The summed E-state index contributed by atoms with van der Waals surface area (Å²) in [6, 6.07) is 5.53. The lowest BCUT2D eigenvalue weighted by atomic mass is 10.1. The number of carboxylic acids is 1. The Bertz CT molecular complexity index is 379. The van der Waals surface area contributed by atoms with Crippen LogP contribution in [0.1, 0.15) is 15.9 Å². The van der Waals surface area contributed by atoms with E-state index >= 15 is 0 Å². The van der Waals surface area contributed by atoms with E-state index in [0.717, 1.165) is 23.5 Å². The van der Waals surface area contributed by atoms with E-state index < -0.39 is 5.97 Å². The van der Waals surface area contributed by atoms with Gasteiger partial charge < -0.3 is 10.0 Å². The van der Waals surface area contributed by atoms with Gasteiger partial charge in [0.05, 0.1) is 11.3 Å². The van der Waals surface area contributed by atoms with Crippen LogP contribution in [0.2, 0.25) is 0 Å². The molecule has 0 aliphatic heterocycles. The second kappa shape index (κ2) is 5.80. The van der Waals surface area contributed by atoms with Crippen LogP contribution in [0.4, 0.5) is 5.69 Å². The molecule has 0 fully saturated rings. The van der Waals surface area contributed by atoms with Gasteiger partial charge in [-0.05, 0) is 25.3 Å². The van der Waals surface area contributed by atoms with Crippen molar-refractivity contribution in [2.75, 3.05) is 30.5 Å². The van der Waals surface area contributed by atoms with Crippen LogP contribution >= 0.6 is 11.8 Å². The van der Waals surface area contributed by atoms with E-state index in [2.05, 4.69) is 0 Å². The molecule has 88 valence electrons. The highest BCUT2D eigenvalue weighted by Gasteiger charge is 2.13. The molecule has 0 aliphatic rings. The Kier molecular flexibility index (Phi) is 4.68. The second-order valence-corrected chi connectivity index (χ2v) is 4.73. The molecule has 0 atom stereocenters. The van der Waals surface area contributed by atoms with Gasteiger partial charge in [0.2, 0.25) is 0 Å². The van der Waals surface area contributed by atoms with Gasteiger partial charge in [-0.3, -0.25) is 0 Å². The number of carbonyl (C=O) groups is 1. The van der Waals surface area contributed by atoms with Gasteiger partial charge in [-0.1, -0.05) is 11.6 Å². The standard InChI is InChI=1S/C12H17NO2S/c1-9-4-5-11(10(8-9)12(14)15)13(2)6-7-16-3/h4-5,8H,6-7H2,1-3H3,(H,14,15). The number of hydrogen-bond acceptors (Lipinski definition) is 3. The maximum Gasteiger partial charge on any atom is 0.337 e. The number of hydrogen-bond donors (Lipinski definition) is 1. The maximum atomic E-state index is 11.1. The third-order valence-electron chi connectivity index (χ3n) is 2.42. The highest BCUT2D eigenvalue weighted by molar-refractivity contribution is 7.98. The molecule has 1 N–H and O–H groups in total. The van der Waals surface area contributed by atoms with Gasteiger partial charge in [-0.2, -0.15) is 11.8 Å². The molecule has 0 heterocycles. The fourth-order valence-electron chi connectivity index (χ4n) is 1.50. The first-order valence-corrected chi connectivity index (χ1v) is 6.49. The van der Waals surface area contributed by atoms with Crippen molar-refractivity contribution < 1.29 is 9.90 Å². The molecule has 1 rings (SSSR count). The summed E-state index contributed by atoms with van der Waals surface area (Å²) in [6.45, 7) is 2.75. The Balaban J connectivity index is 2.98. The quantitative estimate of drug-likeness (QED) is 0.857. The number of rotatable bonds is 5. The Morgan fingerprint density at radius 1 is 1.50 bits per heavy atom. The third-order valence-corrected chi connectivity index (χ3v) is 3.02. The summed E-state index contributed by atoms with van der Waals surface area (Å²) >= 11 is 1.75. The van der Waals surface area contributed by atoms with Crippen molar-refractivity contribution in [1.29, 1.82) is 0 Å². The Labute approximate surface area is 100 Å². The maximum absolute atomic E-state index is 11.1. The molecule has 16 heavy (non-hydrogen) atoms. The minimum absolute atomic E-state index is 0.378. The average molecular weight is 239 g/mol. The Morgan fingerprint density at radius 2 is 2.19 bits per heavy atom. The molecule has 0 saturated carbocycles. The summed E-state index contributed by atoms with van der Waals surface area (Å²) in [5.74, 6) is 0.124. The van der Waals surface area contributed by atoms with Crippen molar-refractivity contribution in [3.63, 3.8) is 0 Å². The van der Waals surface area contributed by atoms with E-state index in [-0.39, 0.29) is 0 Å². The third kappa shape index (κ3) is 3.17. The summed E-state index contributed by atoms with van der Waals surface area (Å²) in [6.07, 6.45) is 2.04. The first-order chi connectivity index (χ1) is 7.56.